The van der Waals surface area contributed by atoms with Gasteiger partial charge >= 0.3 is 0 Å². The molecule has 0 saturated heterocycles. The van der Waals surface area contributed by atoms with Crippen LogP contribution in [0.25, 0.3) is 10.9 Å². The molecule has 6 heteroatoms. The van der Waals surface area contributed by atoms with Gasteiger partial charge in [-0.2, -0.15) is 5.10 Å². The molecule has 0 radical (unpaired) electrons. The van der Waals surface area contributed by atoms with Crippen molar-refractivity contribution >= 4 is 16.8 Å². The van der Waals surface area contributed by atoms with E-state index >= 15 is 0 Å². The highest BCUT2D eigenvalue weighted by atomic mass is 16.3. The molecule has 2 aromatic heterocycles. The van der Waals surface area contributed by atoms with Crippen LogP contribution in [0.1, 0.15) is 47.8 Å². The van der Waals surface area contributed by atoms with Crippen molar-refractivity contribution in [1.82, 2.24) is 20.5 Å². The number of aryl methyl sites for hydroxylation is 2. The van der Waals surface area contributed by atoms with Crippen molar-refractivity contribution in [2.24, 2.45) is 5.92 Å². The molecule has 0 bridgehead atoms. The van der Waals surface area contributed by atoms with Crippen LogP contribution in [0.5, 0.6) is 0 Å². The van der Waals surface area contributed by atoms with Gasteiger partial charge in [0.05, 0.1) is 23.4 Å². The number of aromatic amines is 1. The Balaban J connectivity index is 1.49. The van der Waals surface area contributed by atoms with E-state index in [9.17, 15) is 9.90 Å². The van der Waals surface area contributed by atoms with E-state index in [0.29, 0.717) is 25.7 Å². The summed E-state index contributed by atoms with van der Waals surface area (Å²) >= 11 is 0. The number of H-pyrrole nitrogens is 1. The summed E-state index contributed by atoms with van der Waals surface area (Å²) in [4.78, 5) is 17.2. The first kappa shape index (κ1) is 18.6. The molecule has 146 valence electrons. The first-order valence-electron chi connectivity index (χ1n) is 9.84. The molecule has 28 heavy (non-hydrogen) atoms. The zero-order valence-corrected chi connectivity index (χ0v) is 16.3. The number of fused-ring (bicyclic) bond motifs is 1. The number of nitrogens with one attached hydrogen (secondary N) is 2. The molecule has 0 aliphatic heterocycles. The number of aliphatic hydroxyl groups excluding tert-OH is 1. The Kier molecular flexibility index (Phi) is 5.13. The second kappa shape index (κ2) is 7.72. The van der Waals surface area contributed by atoms with Crippen LogP contribution in [0.15, 0.2) is 36.5 Å². The van der Waals surface area contributed by atoms with Crippen molar-refractivity contribution < 1.29 is 9.90 Å². The Bertz CT molecular complexity index is 991. The van der Waals surface area contributed by atoms with E-state index in [1.807, 2.05) is 44.3 Å². The normalized spacial score (nSPS) is 20.0. The zero-order valence-electron chi connectivity index (χ0n) is 16.3. The number of nitrogens with zero attached hydrogens (tertiary/aromatic N) is 2. The summed E-state index contributed by atoms with van der Waals surface area (Å²) in [5, 5.41) is 21.3. The summed E-state index contributed by atoms with van der Waals surface area (Å²) in [5.41, 5.74) is 5.03. The Morgan fingerprint density at radius 1 is 1.32 bits per heavy atom. The van der Waals surface area contributed by atoms with E-state index < -0.39 is 0 Å². The number of pyridine rings is 1. The second-order valence-corrected chi connectivity index (χ2v) is 7.81. The summed E-state index contributed by atoms with van der Waals surface area (Å²) in [5.74, 6) is 0.232. The molecule has 4 rings (SSSR count). The van der Waals surface area contributed by atoms with Crippen LogP contribution in [0.3, 0.4) is 0 Å². The number of hydrogen-bond donors (Lipinski definition) is 3. The monoisotopic (exact) mass is 378 g/mol. The number of aliphatic hydroxyl groups is 1. The molecule has 2 heterocycles. The molecule has 1 saturated carbocycles. The highest BCUT2D eigenvalue weighted by Gasteiger charge is 2.35. The average Bonchev–Trinajstić information content (AvgIpc) is 3.00. The topological polar surface area (TPSA) is 90.9 Å². The van der Waals surface area contributed by atoms with Gasteiger partial charge in [0.1, 0.15) is 0 Å². The van der Waals surface area contributed by atoms with E-state index in [1.165, 1.54) is 0 Å². The van der Waals surface area contributed by atoms with E-state index in [4.69, 9.17) is 0 Å². The van der Waals surface area contributed by atoms with Gasteiger partial charge < -0.3 is 10.4 Å². The maximum absolute atomic E-state index is 12.7. The molecule has 1 aliphatic rings. The molecule has 6 nitrogen and oxygen atoms in total. The zero-order chi connectivity index (χ0) is 19.7. The van der Waals surface area contributed by atoms with Crippen LogP contribution in [0.2, 0.25) is 0 Å². The maximum Gasteiger partial charge on any atom is 0.220 e. The number of amides is 1. The minimum absolute atomic E-state index is 0.000369. The fourth-order valence-electron chi connectivity index (χ4n) is 3.89. The van der Waals surface area contributed by atoms with Crippen LogP contribution in [-0.2, 0) is 11.2 Å². The van der Waals surface area contributed by atoms with Gasteiger partial charge in [0.15, 0.2) is 0 Å². The van der Waals surface area contributed by atoms with Gasteiger partial charge in [0.2, 0.25) is 5.91 Å². The summed E-state index contributed by atoms with van der Waals surface area (Å²) < 4.78 is 0. The Morgan fingerprint density at radius 3 is 2.82 bits per heavy atom. The lowest BCUT2D eigenvalue weighted by molar-refractivity contribution is -0.123. The highest BCUT2D eigenvalue weighted by Crippen LogP contribution is 2.38. The molecule has 1 fully saturated rings. The quantitative estimate of drug-likeness (QED) is 0.615. The lowest BCUT2D eigenvalue weighted by Crippen LogP contribution is -2.41. The van der Waals surface area contributed by atoms with Crippen molar-refractivity contribution in [1.29, 1.82) is 0 Å². The number of carbonyl (C=O) groups is 1. The Hall–Kier alpha value is -2.73. The standard InChI is InChI=1S/C22H26N4O2/c1-13-14(2)25-26-19(13)7-8-21(28)24-22(16-10-18(27)11-16)17-9-15-5-3-4-6-20(15)23-12-17/h3-6,9,12,16,18,22,27H,7-8,10-11H2,1-2H3,(H,24,28)(H,25,26). The SMILES string of the molecule is Cc1[nH]nc(CCC(=O)NC(c2cnc3ccccc3c2)C2CC(O)C2)c1C. The third-order valence-corrected chi connectivity index (χ3v) is 5.85. The number of para-hydroxylation sites is 1. The van der Waals surface area contributed by atoms with Crippen molar-refractivity contribution in [2.45, 2.75) is 51.7 Å². The average molecular weight is 378 g/mol. The maximum atomic E-state index is 12.7. The number of benzene rings is 1. The third kappa shape index (κ3) is 3.78. The van der Waals surface area contributed by atoms with Gasteiger partial charge in [-0.05, 0) is 55.9 Å². The lowest BCUT2D eigenvalue weighted by atomic mass is 9.75. The van der Waals surface area contributed by atoms with Gasteiger partial charge in [0.25, 0.3) is 0 Å². The molecular formula is C22H26N4O2. The molecule has 1 atom stereocenters. The van der Waals surface area contributed by atoms with Crippen LogP contribution < -0.4 is 5.32 Å². The van der Waals surface area contributed by atoms with Gasteiger partial charge in [-0.3, -0.25) is 14.9 Å². The van der Waals surface area contributed by atoms with Gasteiger partial charge in [-0.25, -0.2) is 0 Å². The Labute approximate surface area is 164 Å². The van der Waals surface area contributed by atoms with E-state index in [2.05, 4.69) is 26.6 Å². The van der Waals surface area contributed by atoms with Gasteiger partial charge in [-0.1, -0.05) is 18.2 Å². The minimum Gasteiger partial charge on any atom is -0.393 e. The van der Waals surface area contributed by atoms with E-state index in [1.54, 1.807) is 0 Å². The van der Waals surface area contributed by atoms with Gasteiger partial charge in [-0.15, -0.1) is 0 Å². The smallest absolute Gasteiger partial charge is 0.220 e. The number of rotatable bonds is 6. The van der Waals surface area contributed by atoms with Crippen molar-refractivity contribution in [3.8, 4) is 0 Å². The number of hydrogen-bond acceptors (Lipinski definition) is 4. The van der Waals surface area contributed by atoms with Crippen LogP contribution in [-0.4, -0.2) is 32.3 Å². The first-order valence-corrected chi connectivity index (χ1v) is 9.84. The molecule has 1 amide bonds. The summed E-state index contributed by atoms with van der Waals surface area (Å²) in [6.07, 6.45) is 3.98. The highest BCUT2D eigenvalue weighted by molar-refractivity contribution is 5.80. The fourth-order valence-corrected chi connectivity index (χ4v) is 3.89. The number of carbonyl (C=O) groups excluding carboxylic acids is 1. The summed E-state index contributed by atoms with van der Waals surface area (Å²) in [6.45, 7) is 4.00. The molecule has 1 aromatic carbocycles. The molecule has 3 aromatic rings. The number of aromatic nitrogens is 3. The minimum atomic E-state index is -0.271. The lowest BCUT2D eigenvalue weighted by Gasteiger charge is -2.38. The van der Waals surface area contributed by atoms with Crippen LogP contribution in [0.4, 0.5) is 0 Å². The second-order valence-electron chi connectivity index (χ2n) is 7.81. The molecule has 0 spiro atoms. The van der Waals surface area contributed by atoms with Crippen molar-refractivity contribution in [3.63, 3.8) is 0 Å². The van der Waals surface area contributed by atoms with E-state index in [-0.39, 0.29) is 24.0 Å². The summed E-state index contributed by atoms with van der Waals surface area (Å²) in [7, 11) is 0. The fraction of sp³-hybridized carbons (Fsp3) is 0.409. The molecule has 1 unspecified atom stereocenters. The Morgan fingerprint density at radius 2 is 2.11 bits per heavy atom. The van der Waals surface area contributed by atoms with Crippen molar-refractivity contribution in [3.05, 3.63) is 59.0 Å². The van der Waals surface area contributed by atoms with Crippen molar-refractivity contribution in [2.75, 3.05) is 0 Å². The van der Waals surface area contributed by atoms with Crippen LogP contribution >= 0.6 is 0 Å². The molecule has 1 aliphatic carbocycles. The predicted octanol–water partition coefficient (Wildman–Crippen LogP) is 3.14. The van der Waals surface area contributed by atoms with E-state index in [0.717, 1.165) is 33.4 Å². The third-order valence-electron chi connectivity index (χ3n) is 5.85. The summed E-state index contributed by atoms with van der Waals surface area (Å²) in [6, 6.07) is 9.93. The van der Waals surface area contributed by atoms with Crippen LogP contribution in [0, 0.1) is 19.8 Å². The van der Waals surface area contributed by atoms with Gasteiger partial charge in [0, 0.05) is 30.1 Å². The predicted molar refractivity (Wildman–Crippen MR) is 108 cm³/mol. The molecular weight excluding hydrogens is 352 g/mol. The first-order chi connectivity index (χ1) is 13.5. The molecule has 3 N–H and O–H groups in total. The largest absolute Gasteiger partial charge is 0.393 e.